The summed E-state index contributed by atoms with van der Waals surface area (Å²) in [5.74, 6) is 4.61. The van der Waals surface area contributed by atoms with Crippen LogP contribution in [0.3, 0.4) is 0 Å². The van der Waals surface area contributed by atoms with Crippen LogP contribution in [0.2, 0.25) is 0 Å². The van der Waals surface area contributed by atoms with Crippen LogP contribution in [-0.4, -0.2) is 58.1 Å². The highest BCUT2D eigenvalue weighted by Crippen LogP contribution is 2.05. The summed E-state index contributed by atoms with van der Waals surface area (Å²) in [5, 5.41) is 7.67. The number of carbonyl (C=O) groups excluding carboxylic acids is 1. The molecule has 1 aliphatic heterocycles. The van der Waals surface area contributed by atoms with Crippen LogP contribution >= 0.6 is 0 Å². The van der Waals surface area contributed by atoms with E-state index in [1.54, 1.807) is 10.9 Å². The van der Waals surface area contributed by atoms with Crippen LogP contribution in [0.1, 0.15) is 23.8 Å². The molecule has 8 nitrogen and oxygen atoms in total. The van der Waals surface area contributed by atoms with Crippen LogP contribution in [0.25, 0.3) is 0 Å². The summed E-state index contributed by atoms with van der Waals surface area (Å²) in [4.78, 5) is 13.6. The number of aromatic nitrogens is 3. The van der Waals surface area contributed by atoms with Gasteiger partial charge in [-0.1, -0.05) is 5.21 Å². The smallest absolute Gasteiger partial charge is 0.287 e. The molecule has 1 saturated heterocycles. The van der Waals surface area contributed by atoms with E-state index in [4.69, 9.17) is 10.6 Å². The molecule has 0 spiro atoms. The Bertz CT molecular complexity index is 421. The Morgan fingerprint density at radius 3 is 3.26 bits per heavy atom. The number of hydrogen-bond donors (Lipinski definition) is 2. The summed E-state index contributed by atoms with van der Waals surface area (Å²) in [5.41, 5.74) is 2.26. The van der Waals surface area contributed by atoms with Crippen molar-refractivity contribution in [1.82, 2.24) is 25.3 Å². The highest BCUT2D eigenvalue weighted by atomic mass is 16.5. The predicted octanol–water partition coefficient (Wildman–Crippen LogP) is -1.01. The number of rotatable bonds is 4. The first-order valence-electron chi connectivity index (χ1n) is 6.44. The summed E-state index contributed by atoms with van der Waals surface area (Å²) < 4.78 is 7.25. The first-order chi connectivity index (χ1) is 9.19. The van der Waals surface area contributed by atoms with Crippen molar-refractivity contribution < 1.29 is 9.53 Å². The summed E-state index contributed by atoms with van der Waals surface area (Å²) in [7, 11) is 0. The lowest BCUT2D eigenvalue weighted by Crippen LogP contribution is -2.33. The summed E-state index contributed by atoms with van der Waals surface area (Å²) in [6, 6.07) is 0. The number of nitrogens with two attached hydrogens (primary N) is 1. The number of nitrogens with zero attached hydrogens (tertiary/aromatic N) is 4. The van der Waals surface area contributed by atoms with Gasteiger partial charge in [-0.3, -0.25) is 19.8 Å². The monoisotopic (exact) mass is 268 g/mol. The van der Waals surface area contributed by atoms with Gasteiger partial charge >= 0.3 is 0 Å². The van der Waals surface area contributed by atoms with E-state index in [0.717, 1.165) is 32.7 Å². The van der Waals surface area contributed by atoms with E-state index >= 15 is 0 Å². The zero-order valence-electron chi connectivity index (χ0n) is 11.1. The Labute approximate surface area is 111 Å². The maximum atomic E-state index is 11.2. The van der Waals surface area contributed by atoms with Gasteiger partial charge in [0.25, 0.3) is 5.91 Å². The maximum Gasteiger partial charge on any atom is 0.287 e. The zero-order valence-corrected chi connectivity index (χ0v) is 11.1. The quantitative estimate of drug-likeness (QED) is 0.412. The second-order valence-corrected chi connectivity index (χ2v) is 4.68. The number of nitrogen functional groups attached to an aromatic ring is 1. The number of hydrogen-bond acceptors (Lipinski definition) is 6. The molecular weight excluding hydrogens is 248 g/mol. The van der Waals surface area contributed by atoms with E-state index < -0.39 is 5.91 Å². The number of nitrogens with one attached hydrogen (secondary N) is 1. The molecule has 2 heterocycles. The lowest BCUT2D eigenvalue weighted by molar-refractivity contribution is 0.0671. The number of carbonyl (C=O) groups is 1. The van der Waals surface area contributed by atoms with Crippen molar-refractivity contribution in [3.63, 3.8) is 0 Å². The molecule has 0 saturated carbocycles. The van der Waals surface area contributed by atoms with E-state index in [1.165, 1.54) is 0 Å². The summed E-state index contributed by atoms with van der Waals surface area (Å²) >= 11 is 0. The fraction of sp³-hybridized carbons (Fsp3) is 0.727. The van der Waals surface area contributed by atoms with Crippen molar-refractivity contribution >= 4 is 5.91 Å². The normalized spacial score (nSPS) is 21.1. The largest absolute Gasteiger partial charge is 0.377 e. The molecular formula is C11H20N6O2. The van der Waals surface area contributed by atoms with E-state index in [0.29, 0.717) is 6.54 Å². The van der Waals surface area contributed by atoms with Crippen LogP contribution in [0.5, 0.6) is 0 Å². The van der Waals surface area contributed by atoms with E-state index in [2.05, 4.69) is 22.1 Å². The molecule has 19 heavy (non-hydrogen) atoms. The number of hydrazine groups is 1. The average Bonchev–Trinajstić information content (AvgIpc) is 2.79. The molecule has 1 aromatic heterocycles. The molecule has 0 aliphatic carbocycles. The predicted molar refractivity (Wildman–Crippen MR) is 68.1 cm³/mol. The molecule has 1 atom stereocenters. The standard InChI is InChI=1S/C11H20N6O2/c1-9-7-16(3-2-6-19-9)4-5-17-8-10(14-15-17)11(18)13-12/h8-9H,2-7,12H2,1H3,(H,13,18). The Morgan fingerprint density at radius 1 is 1.63 bits per heavy atom. The number of ether oxygens (including phenoxy) is 1. The summed E-state index contributed by atoms with van der Waals surface area (Å²) in [6.45, 7) is 6.40. The Hall–Kier alpha value is -1.51. The fourth-order valence-corrected chi connectivity index (χ4v) is 2.11. The van der Waals surface area contributed by atoms with E-state index in [9.17, 15) is 4.79 Å². The van der Waals surface area contributed by atoms with Gasteiger partial charge in [0.1, 0.15) is 0 Å². The van der Waals surface area contributed by atoms with Gasteiger partial charge in [-0.25, -0.2) is 5.84 Å². The van der Waals surface area contributed by atoms with E-state index in [1.807, 2.05) is 5.43 Å². The minimum absolute atomic E-state index is 0.232. The van der Waals surface area contributed by atoms with Crippen molar-refractivity contribution in [2.45, 2.75) is 26.0 Å². The first-order valence-corrected chi connectivity index (χ1v) is 6.44. The molecule has 1 aromatic rings. The van der Waals surface area contributed by atoms with Crippen LogP contribution in [0.4, 0.5) is 0 Å². The van der Waals surface area contributed by atoms with Crippen LogP contribution in [-0.2, 0) is 11.3 Å². The molecule has 8 heteroatoms. The molecule has 0 bridgehead atoms. The highest BCUT2D eigenvalue weighted by molar-refractivity contribution is 5.91. The molecule has 0 radical (unpaired) electrons. The third-order valence-corrected chi connectivity index (χ3v) is 3.08. The third-order valence-electron chi connectivity index (χ3n) is 3.08. The van der Waals surface area contributed by atoms with Gasteiger partial charge < -0.3 is 4.74 Å². The molecule has 1 fully saturated rings. The SMILES string of the molecule is CC1CN(CCn2cc(C(=O)NN)nn2)CCCO1. The average molecular weight is 268 g/mol. The van der Waals surface area contributed by atoms with Crippen molar-refractivity contribution in [2.24, 2.45) is 5.84 Å². The van der Waals surface area contributed by atoms with Crippen molar-refractivity contribution in [3.05, 3.63) is 11.9 Å². The Kier molecular flexibility index (Phi) is 4.83. The van der Waals surface area contributed by atoms with Crippen molar-refractivity contribution in [2.75, 3.05) is 26.2 Å². The highest BCUT2D eigenvalue weighted by Gasteiger charge is 2.15. The molecule has 3 N–H and O–H groups in total. The van der Waals surface area contributed by atoms with Crippen LogP contribution in [0, 0.1) is 0 Å². The minimum Gasteiger partial charge on any atom is -0.377 e. The van der Waals surface area contributed by atoms with Gasteiger partial charge in [0.05, 0.1) is 18.8 Å². The molecule has 1 unspecified atom stereocenters. The lowest BCUT2D eigenvalue weighted by Gasteiger charge is -2.21. The second kappa shape index (κ2) is 6.60. The van der Waals surface area contributed by atoms with Gasteiger partial charge in [-0.05, 0) is 13.3 Å². The topological polar surface area (TPSA) is 98.3 Å². The maximum absolute atomic E-state index is 11.2. The fourth-order valence-electron chi connectivity index (χ4n) is 2.11. The lowest BCUT2D eigenvalue weighted by atomic mass is 10.3. The van der Waals surface area contributed by atoms with Crippen LogP contribution < -0.4 is 11.3 Å². The molecule has 2 rings (SSSR count). The molecule has 106 valence electrons. The van der Waals surface area contributed by atoms with Crippen LogP contribution in [0.15, 0.2) is 6.20 Å². The van der Waals surface area contributed by atoms with Gasteiger partial charge in [-0.15, -0.1) is 5.10 Å². The van der Waals surface area contributed by atoms with Gasteiger partial charge in [0.15, 0.2) is 5.69 Å². The minimum atomic E-state index is -0.428. The number of amides is 1. The zero-order chi connectivity index (χ0) is 13.7. The van der Waals surface area contributed by atoms with Gasteiger partial charge in [0.2, 0.25) is 0 Å². The first kappa shape index (κ1) is 13.9. The van der Waals surface area contributed by atoms with Crippen molar-refractivity contribution in [3.8, 4) is 0 Å². The summed E-state index contributed by atoms with van der Waals surface area (Å²) in [6.07, 6.45) is 2.90. The van der Waals surface area contributed by atoms with E-state index in [-0.39, 0.29) is 11.8 Å². The van der Waals surface area contributed by atoms with Gasteiger partial charge in [-0.2, -0.15) is 0 Å². The molecule has 1 amide bonds. The molecule has 0 aromatic carbocycles. The molecule has 1 aliphatic rings. The second-order valence-electron chi connectivity index (χ2n) is 4.68. The third kappa shape index (κ3) is 3.98. The van der Waals surface area contributed by atoms with Crippen molar-refractivity contribution in [1.29, 1.82) is 0 Å². The Balaban J connectivity index is 1.84. The Morgan fingerprint density at radius 2 is 2.47 bits per heavy atom. The van der Waals surface area contributed by atoms with Gasteiger partial charge in [0, 0.05) is 26.2 Å².